The van der Waals surface area contributed by atoms with E-state index in [0.717, 1.165) is 23.4 Å². The monoisotopic (exact) mass is 408 g/mol. The summed E-state index contributed by atoms with van der Waals surface area (Å²) >= 11 is 1.45. The van der Waals surface area contributed by atoms with Gasteiger partial charge in [-0.15, -0.1) is 10.2 Å². The van der Waals surface area contributed by atoms with Gasteiger partial charge in [0.05, 0.1) is 16.7 Å². The lowest BCUT2D eigenvalue weighted by Gasteiger charge is -2.19. The van der Waals surface area contributed by atoms with Crippen LogP contribution in [0.4, 0.5) is 8.78 Å². The van der Waals surface area contributed by atoms with Gasteiger partial charge in [-0.2, -0.15) is 14.9 Å². The quantitative estimate of drug-likeness (QED) is 0.547. The van der Waals surface area contributed by atoms with Gasteiger partial charge in [0.2, 0.25) is 11.0 Å². The highest BCUT2D eigenvalue weighted by atomic mass is 32.2. The highest BCUT2D eigenvalue weighted by molar-refractivity contribution is 8.00. The topological polar surface area (TPSA) is 71.8 Å². The SMILES string of the molecule is CC1Sc2nnc(-c3cc(-c4ccccc4)n[nH]3)n2N=C1c1ccc(F)c(F)c1. The fourth-order valence-corrected chi connectivity index (χ4v) is 4.07. The highest BCUT2D eigenvalue weighted by Gasteiger charge is 2.27. The number of aromatic nitrogens is 5. The second-order valence-corrected chi connectivity index (χ2v) is 7.83. The predicted octanol–water partition coefficient (Wildman–Crippen LogP) is 4.36. The summed E-state index contributed by atoms with van der Waals surface area (Å²) in [5.41, 5.74) is 3.54. The molecule has 3 heterocycles. The largest absolute Gasteiger partial charge is 0.274 e. The van der Waals surface area contributed by atoms with Crippen molar-refractivity contribution in [3.8, 4) is 22.8 Å². The third-order valence-electron chi connectivity index (χ3n) is 4.59. The Morgan fingerprint density at radius 1 is 0.966 bits per heavy atom. The molecule has 1 atom stereocenters. The predicted molar refractivity (Wildman–Crippen MR) is 107 cm³/mol. The lowest BCUT2D eigenvalue weighted by atomic mass is 10.1. The first-order valence-electron chi connectivity index (χ1n) is 8.88. The van der Waals surface area contributed by atoms with Crippen LogP contribution in [0.5, 0.6) is 0 Å². The molecule has 1 N–H and O–H groups in total. The molecule has 0 saturated heterocycles. The Morgan fingerprint density at radius 2 is 1.79 bits per heavy atom. The molecule has 0 amide bonds. The van der Waals surface area contributed by atoms with Crippen LogP contribution in [-0.2, 0) is 0 Å². The Hall–Kier alpha value is -3.33. The second-order valence-electron chi connectivity index (χ2n) is 6.53. The molecule has 29 heavy (non-hydrogen) atoms. The van der Waals surface area contributed by atoms with Crippen molar-refractivity contribution < 1.29 is 8.78 Å². The van der Waals surface area contributed by atoms with E-state index in [1.807, 2.05) is 43.3 Å². The van der Waals surface area contributed by atoms with Crippen molar-refractivity contribution in [2.45, 2.75) is 17.3 Å². The Balaban J connectivity index is 1.56. The maximum Gasteiger partial charge on any atom is 0.213 e. The van der Waals surface area contributed by atoms with Gasteiger partial charge in [0, 0.05) is 11.1 Å². The van der Waals surface area contributed by atoms with Gasteiger partial charge >= 0.3 is 0 Å². The number of benzene rings is 2. The van der Waals surface area contributed by atoms with Gasteiger partial charge in [-0.25, -0.2) is 8.78 Å². The summed E-state index contributed by atoms with van der Waals surface area (Å²) in [6.45, 7) is 1.94. The van der Waals surface area contributed by atoms with E-state index in [4.69, 9.17) is 0 Å². The number of hydrogen-bond donors (Lipinski definition) is 1. The summed E-state index contributed by atoms with van der Waals surface area (Å²) < 4.78 is 28.6. The van der Waals surface area contributed by atoms with Crippen molar-refractivity contribution in [3.63, 3.8) is 0 Å². The van der Waals surface area contributed by atoms with Crippen molar-refractivity contribution >= 4 is 17.5 Å². The van der Waals surface area contributed by atoms with Gasteiger partial charge < -0.3 is 0 Å². The molecule has 1 unspecified atom stereocenters. The minimum atomic E-state index is -0.904. The van der Waals surface area contributed by atoms with E-state index in [1.165, 1.54) is 17.8 Å². The van der Waals surface area contributed by atoms with Crippen LogP contribution < -0.4 is 0 Å². The number of fused-ring (bicyclic) bond motifs is 1. The average molecular weight is 408 g/mol. The lowest BCUT2D eigenvalue weighted by molar-refractivity contribution is 0.508. The molecular formula is C20H14F2N6S. The molecule has 9 heteroatoms. The van der Waals surface area contributed by atoms with Crippen LogP contribution >= 0.6 is 11.8 Å². The molecule has 2 aromatic carbocycles. The summed E-state index contributed by atoms with van der Waals surface area (Å²) in [4.78, 5) is 0. The summed E-state index contributed by atoms with van der Waals surface area (Å²) in [7, 11) is 0. The van der Waals surface area contributed by atoms with E-state index in [2.05, 4.69) is 25.5 Å². The Labute approximate surface area is 168 Å². The number of rotatable bonds is 3. The summed E-state index contributed by atoms with van der Waals surface area (Å²) in [6.07, 6.45) is 0. The molecule has 144 valence electrons. The number of H-pyrrole nitrogens is 1. The van der Waals surface area contributed by atoms with Gasteiger partial charge in [-0.1, -0.05) is 42.1 Å². The van der Waals surface area contributed by atoms with E-state index in [9.17, 15) is 8.78 Å². The van der Waals surface area contributed by atoms with Crippen LogP contribution in [0, 0.1) is 11.6 Å². The molecule has 1 aliphatic heterocycles. The van der Waals surface area contributed by atoms with E-state index in [-0.39, 0.29) is 5.25 Å². The zero-order chi connectivity index (χ0) is 20.0. The zero-order valence-corrected chi connectivity index (χ0v) is 16.0. The first kappa shape index (κ1) is 17.7. The fraction of sp³-hybridized carbons (Fsp3) is 0.100. The van der Waals surface area contributed by atoms with Gasteiger partial charge in [0.25, 0.3) is 0 Å². The standard InChI is InChI=1S/C20H14F2N6S/c1-11-18(13-7-8-14(21)15(22)9-13)27-28-19(25-26-20(28)29-11)17-10-16(23-24-17)12-5-3-2-4-6-12/h2-11H,1H3,(H,23,24). The van der Waals surface area contributed by atoms with Crippen molar-refractivity contribution in [1.29, 1.82) is 0 Å². The number of nitrogens with one attached hydrogen (secondary N) is 1. The maximum absolute atomic E-state index is 13.7. The van der Waals surface area contributed by atoms with E-state index in [1.54, 1.807) is 4.68 Å². The van der Waals surface area contributed by atoms with Crippen molar-refractivity contribution in [1.82, 2.24) is 25.1 Å². The maximum atomic E-state index is 13.7. The van der Waals surface area contributed by atoms with Crippen LogP contribution in [0.25, 0.3) is 22.8 Å². The molecule has 5 rings (SSSR count). The van der Waals surface area contributed by atoms with Crippen LogP contribution in [0.1, 0.15) is 12.5 Å². The van der Waals surface area contributed by atoms with Crippen LogP contribution in [0.3, 0.4) is 0 Å². The molecule has 0 spiro atoms. The van der Waals surface area contributed by atoms with Gasteiger partial charge in [-0.3, -0.25) is 5.10 Å². The molecule has 0 bridgehead atoms. The number of hydrogen-bond acceptors (Lipinski definition) is 5. The van der Waals surface area contributed by atoms with E-state index in [0.29, 0.717) is 27.9 Å². The zero-order valence-electron chi connectivity index (χ0n) is 15.2. The third-order valence-corrected chi connectivity index (χ3v) is 5.63. The van der Waals surface area contributed by atoms with E-state index >= 15 is 0 Å². The van der Waals surface area contributed by atoms with Crippen molar-refractivity contribution in [2.24, 2.45) is 5.10 Å². The van der Waals surface area contributed by atoms with Crippen LogP contribution in [-0.4, -0.2) is 36.0 Å². The molecule has 4 aromatic rings. The van der Waals surface area contributed by atoms with E-state index < -0.39 is 11.6 Å². The van der Waals surface area contributed by atoms with Gasteiger partial charge in [-0.05, 0) is 31.2 Å². The summed E-state index contributed by atoms with van der Waals surface area (Å²) in [6, 6.07) is 15.4. The van der Waals surface area contributed by atoms with Crippen molar-refractivity contribution in [3.05, 3.63) is 71.8 Å². The smallest absolute Gasteiger partial charge is 0.213 e. The molecule has 0 fully saturated rings. The number of aromatic amines is 1. The Morgan fingerprint density at radius 3 is 2.59 bits per heavy atom. The minimum Gasteiger partial charge on any atom is -0.274 e. The molecule has 2 aromatic heterocycles. The normalized spacial score (nSPS) is 15.8. The third kappa shape index (κ3) is 3.13. The highest BCUT2D eigenvalue weighted by Crippen LogP contribution is 2.33. The molecule has 1 aliphatic rings. The Bertz CT molecular complexity index is 1230. The van der Waals surface area contributed by atoms with Gasteiger partial charge in [0.1, 0.15) is 5.69 Å². The molecule has 6 nitrogen and oxygen atoms in total. The number of nitrogens with zero attached hydrogens (tertiary/aromatic N) is 5. The first-order chi connectivity index (χ1) is 14.1. The lowest BCUT2D eigenvalue weighted by Crippen LogP contribution is -2.22. The summed E-state index contributed by atoms with van der Waals surface area (Å²) in [5, 5.41) is 21.0. The number of thioether (sulfide) groups is 1. The fourth-order valence-electron chi connectivity index (χ4n) is 3.14. The Kier molecular flexibility index (Phi) is 4.24. The number of halogens is 2. The van der Waals surface area contributed by atoms with Gasteiger partial charge in [0.15, 0.2) is 11.6 Å². The summed E-state index contributed by atoms with van der Waals surface area (Å²) in [5.74, 6) is -1.30. The minimum absolute atomic E-state index is 0.0916. The first-order valence-corrected chi connectivity index (χ1v) is 9.75. The molecule has 0 radical (unpaired) electrons. The molecule has 0 aliphatic carbocycles. The molecular weight excluding hydrogens is 394 g/mol. The van der Waals surface area contributed by atoms with Crippen molar-refractivity contribution in [2.75, 3.05) is 0 Å². The average Bonchev–Trinajstić information content (AvgIpc) is 3.37. The molecule has 0 saturated carbocycles. The van der Waals surface area contributed by atoms with Crippen LogP contribution in [0.15, 0.2) is 64.9 Å². The van der Waals surface area contributed by atoms with Crippen LogP contribution in [0.2, 0.25) is 0 Å². The second kappa shape index (κ2) is 6.93.